The standard InChI is InChI=1S/C18H27N5O2/c19-16(24)11-14-4-9-23(10-5-14)18(25)21-13-15-3-6-20-17(12-15)22-7-1-2-8-22/h3,6,12,14H,1-2,4-5,7-11,13H2,(H2,19,24)(H,21,25). The monoisotopic (exact) mass is 345 g/mol. The number of urea groups is 1. The van der Waals surface area contributed by atoms with Gasteiger partial charge in [0.05, 0.1) is 0 Å². The number of carbonyl (C=O) groups excluding carboxylic acids is 2. The first kappa shape index (κ1) is 17.5. The van der Waals surface area contributed by atoms with Crippen LogP contribution >= 0.6 is 0 Å². The molecule has 0 aromatic carbocycles. The third-order valence-corrected chi connectivity index (χ3v) is 5.08. The molecular weight excluding hydrogens is 318 g/mol. The van der Waals surface area contributed by atoms with Crippen molar-refractivity contribution in [2.45, 2.75) is 38.6 Å². The molecule has 0 radical (unpaired) electrons. The largest absolute Gasteiger partial charge is 0.370 e. The van der Waals surface area contributed by atoms with Crippen molar-refractivity contribution >= 4 is 17.8 Å². The normalized spacial score (nSPS) is 18.4. The fourth-order valence-corrected chi connectivity index (χ4v) is 3.60. The van der Waals surface area contributed by atoms with Gasteiger partial charge in [0.2, 0.25) is 5.91 Å². The number of nitrogens with two attached hydrogens (primary N) is 1. The zero-order chi connectivity index (χ0) is 17.6. The van der Waals surface area contributed by atoms with E-state index < -0.39 is 0 Å². The number of aromatic nitrogens is 1. The maximum atomic E-state index is 12.3. The van der Waals surface area contributed by atoms with E-state index in [0.717, 1.165) is 37.3 Å². The highest BCUT2D eigenvalue weighted by Crippen LogP contribution is 2.21. The minimum absolute atomic E-state index is 0.0444. The Morgan fingerprint density at radius 1 is 1.20 bits per heavy atom. The zero-order valence-corrected chi connectivity index (χ0v) is 14.6. The number of piperidine rings is 1. The highest BCUT2D eigenvalue weighted by atomic mass is 16.2. The van der Waals surface area contributed by atoms with Gasteiger partial charge in [-0.2, -0.15) is 0 Å². The van der Waals surface area contributed by atoms with Gasteiger partial charge in [0.25, 0.3) is 0 Å². The number of anilines is 1. The zero-order valence-electron chi connectivity index (χ0n) is 14.6. The van der Waals surface area contributed by atoms with Crippen LogP contribution in [0.4, 0.5) is 10.6 Å². The molecule has 7 nitrogen and oxygen atoms in total. The van der Waals surface area contributed by atoms with Crippen LogP contribution in [-0.2, 0) is 11.3 Å². The molecule has 0 atom stereocenters. The average molecular weight is 345 g/mol. The Balaban J connectivity index is 1.46. The van der Waals surface area contributed by atoms with Crippen molar-refractivity contribution in [3.63, 3.8) is 0 Å². The third kappa shape index (κ3) is 4.84. The number of pyridine rings is 1. The van der Waals surface area contributed by atoms with E-state index in [4.69, 9.17) is 5.73 Å². The molecule has 7 heteroatoms. The summed E-state index contributed by atoms with van der Waals surface area (Å²) in [6.07, 6.45) is 6.34. The van der Waals surface area contributed by atoms with Crippen molar-refractivity contribution in [3.05, 3.63) is 23.9 Å². The third-order valence-electron chi connectivity index (χ3n) is 5.08. The average Bonchev–Trinajstić information content (AvgIpc) is 3.15. The van der Waals surface area contributed by atoms with Crippen molar-refractivity contribution in [1.29, 1.82) is 0 Å². The highest BCUT2D eigenvalue weighted by molar-refractivity contribution is 5.75. The van der Waals surface area contributed by atoms with Crippen LogP contribution in [0.1, 0.15) is 37.7 Å². The second-order valence-corrected chi connectivity index (χ2v) is 6.98. The first-order chi connectivity index (χ1) is 12.1. The van der Waals surface area contributed by atoms with Crippen LogP contribution in [0.5, 0.6) is 0 Å². The van der Waals surface area contributed by atoms with Gasteiger partial charge in [-0.1, -0.05) is 0 Å². The fraction of sp³-hybridized carbons (Fsp3) is 0.611. The summed E-state index contributed by atoms with van der Waals surface area (Å²) in [5, 5.41) is 2.99. The van der Waals surface area contributed by atoms with Crippen molar-refractivity contribution in [1.82, 2.24) is 15.2 Å². The Labute approximate surface area is 148 Å². The van der Waals surface area contributed by atoms with Crippen molar-refractivity contribution in [2.75, 3.05) is 31.1 Å². The summed E-state index contributed by atoms with van der Waals surface area (Å²) in [5.74, 6) is 1.05. The number of primary amides is 1. The molecule has 3 N–H and O–H groups in total. The molecule has 3 amide bonds. The first-order valence-electron chi connectivity index (χ1n) is 9.13. The lowest BCUT2D eigenvalue weighted by Gasteiger charge is -2.31. The molecule has 0 unspecified atom stereocenters. The number of hydrogen-bond donors (Lipinski definition) is 2. The molecule has 0 spiro atoms. The van der Waals surface area contributed by atoms with E-state index in [0.29, 0.717) is 32.0 Å². The van der Waals surface area contributed by atoms with E-state index in [9.17, 15) is 9.59 Å². The van der Waals surface area contributed by atoms with E-state index >= 15 is 0 Å². The van der Waals surface area contributed by atoms with Crippen molar-refractivity contribution in [2.24, 2.45) is 11.7 Å². The molecule has 136 valence electrons. The molecule has 0 bridgehead atoms. The van der Waals surface area contributed by atoms with E-state index in [2.05, 4.69) is 21.3 Å². The minimum Gasteiger partial charge on any atom is -0.370 e. The number of rotatable bonds is 5. The molecule has 1 aromatic rings. The lowest BCUT2D eigenvalue weighted by molar-refractivity contribution is -0.119. The van der Waals surface area contributed by atoms with E-state index in [1.165, 1.54) is 12.8 Å². The van der Waals surface area contributed by atoms with Gasteiger partial charge in [-0.15, -0.1) is 0 Å². The van der Waals surface area contributed by atoms with Crippen LogP contribution in [0.15, 0.2) is 18.3 Å². The second-order valence-electron chi connectivity index (χ2n) is 6.98. The van der Waals surface area contributed by atoms with Crippen molar-refractivity contribution < 1.29 is 9.59 Å². The quantitative estimate of drug-likeness (QED) is 0.845. The number of likely N-dealkylation sites (tertiary alicyclic amines) is 1. The van der Waals surface area contributed by atoms with Gasteiger partial charge >= 0.3 is 6.03 Å². The summed E-state index contributed by atoms with van der Waals surface area (Å²) < 4.78 is 0. The molecule has 1 aromatic heterocycles. The van der Waals surface area contributed by atoms with E-state index in [1.54, 1.807) is 0 Å². The minimum atomic E-state index is -0.255. The molecule has 3 heterocycles. The number of nitrogens with one attached hydrogen (secondary N) is 1. The molecule has 25 heavy (non-hydrogen) atoms. The topological polar surface area (TPSA) is 91.6 Å². The maximum Gasteiger partial charge on any atom is 0.317 e. The van der Waals surface area contributed by atoms with Gasteiger partial charge in [0, 0.05) is 45.3 Å². The van der Waals surface area contributed by atoms with Crippen LogP contribution in [0.3, 0.4) is 0 Å². The van der Waals surface area contributed by atoms with Gasteiger partial charge in [-0.05, 0) is 49.3 Å². The molecule has 0 saturated carbocycles. The molecule has 2 saturated heterocycles. The highest BCUT2D eigenvalue weighted by Gasteiger charge is 2.23. The van der Waals surface area contributed by atoms with E-state index in [1.807, 2.05) is 17.2 Å². The summed E-state index contributed by atoms with van der Waals surface area (Å²) >= 11 is 0. The van der Waals surface area contributed by atoms with Crippen molar-refractivity contribution in [3.8, 4) is 0 Å². The van der Waals surface area contributed by atoms with Gasteiger partial charge in [-0.3, -0.25) is 4.79 Å². The number of nitrogens with zero attached hydrogens (tertiary/aromatic N) is 3. The Morgan fingerprint density at radius 2 is 1.92 bits per heavy atom. The Morgan fingerprint density at radius 3 is 2.60 bits per heavy atom. The summed E-state index contributed by atoms with van der Waals surface area (Å²) in [5.41, 5.74) is 6.31. The number of carbonyl (C=O) groups is 2. The maximum absolute atomic E-state index is 12.3. The first-order valence-corrected chi connectivity index (χ1v) is 9.13. The van der Waals surface area contributed by atoms with Crippen LogP contribution in [-0.4, -0.2) is 48.0 Å². The SMILES string of the molecule is NC(=O)CC1CCN(C(=O)NCc2ccnc(N3CCCC3)c2)CC1. The van der Waals surface area contributed by atoms with Crippen LogP contribution < -0.4 is 16.0 Å². The lowest BCUT2D eigenvalue weighted by Crippen LogP contribution is -2.44. The Bertz CT molecular complexity index is 607. The predicted octanol–water partition coefficient (Wildman–Crippen LogP) is 1.48. The molecule has 0 aliphatic carbocycles. The number of amides is 3. The molecule has 2 aliphatic rings. The predicted molar refractivity (Wildman–Crippen MR) is 96.0 cm³/mol. The molecule has 2 aliphatic heterocycles. The van der Waals surface area contributed by atoms with Gasteiger partial charge < -0.3 is 20.9 Å². The van der Waals surface area contributed by atoms with Gasteiger partial charge in [0.15, 0.2) is 0 Å². The molecule has 3 rings (SSSR count). The summed E-state index contributed by atoms with van der Waals surface area (Å²) in [4.78, 5) is 31.9. The van der Waals surface area contributed by atoms with E-state index in [-0.39, 0.29) is 11.9 Å². The summed E-state index contributed by atoms with van der Waals surface area (Å²) in [6, 6.07) is 3.96. The fourth-order valence-electron chi connectivity index (χ4n) is 3.60. The molecular formula is C18H27N5O2. The van der Waals surface area contributed by atoms with Crippen LogP contribution in [0, 0.1) is 5.92 Å². The Hall–Kier alpha value is -2.31. The van der Waals surface area contributed by atoms with Crippen LogP contribution in [0.2, 0.25) is 0 Å². The second kappa shape index (κ2) is 8.18. The summed E-state index contributed by atoms with van der Waals surface area (Å²) in [7, 11) is 0. The van der Waals surface area contributed by atoms with Gasteiger partial charge in [0.1, 0.15) is 5.82 Å². The molecule has 2 fully saturated rings. The smallest absolute Gasteiger partial charge is 0.317 e. The Kier molecular flexibility index (Phi) is 5.73. The van der Waals surface area contributed by atoms with Gasteiger partial charge in [-0.25, -0.2) is 9.78 Å². The number of hydrogen-bond acceptors (Lipinski definition) is 4. The summed E-state index contributed by atoms with van der Waals surface area (Å²) in [6.45, 7) is 3.98. The van der Waals surface area contributed by atoms with Crippen LogP contribution in [0.25, 0.3) is 0 Å². The lowest BCUT2D eigenvalue weighted by atomic mass is 9.93.